The lowest BCUT2D eigenvalue weighted by Crippen LogP contribution is -2.51. The zero-order valence-corrected chi connectivity index (χ0v) is 34.4. The highest BCUT2D eigenvalue weighted by atomic mass is 16.7. The van der Waals surface area contributed by atoms with Crippen LogP contribution in [0.15, 0.2) is 24.4 Å². The maximum Gasteiger partial charge on any atom is 0.311 e. The maximum absolute atomic E-state index is 12.7. The van der Waals surface area contributed by atoms with Gasteiger partial charge >= 0.3 is 11.7 Å². The van der Waals surface area contributed by atoms with Crippen LogP contribution in [0.2, 0.25) is 0 Å². The number of aliphatic hydroxyl groups is 4. The fourth-order valence-electron chi connectivity index (χ4n) is 6.78. The molecule has 2 aliphatic rings. The summed E-state index contributed by atoms with van der Waals surface area (Å²) in [7, 11) is 0. The van der Waals surface area contributed by atoms with E-state index in [0.717, 1.165) is 0 Å². The smallest absolute Gasteiger partial charge is 0.311 e. The number of ether oxygens (including phenoxy) is 4. The molecule has 2 fully saturated rings. The summed E-state index contributed by atoms with van der Waals surface area (Å²) in [6, 6.07) is 3.92. The Morgan fingerprint density at radius 1 is 1.15 bits per heavy atom. The van der Waals surface area contributed by atoms with Gasteiger partial charge < -0.3 is 44.7 Å². The van der Waals surface area contributed by atoms with Crippen LogP contribution in [-0.4, -0.2) is 125 Å². The van der Waals surface area contributed by atoms with Crippen molar-refractivity contribution in [2.45, 2.75) is 141 Å². The summed E-state index contributed by atoms with van der Waals surface area (Å²) < 4.78 is 23.9. The summed E-state index contributed by atoms with van der Waals surface area (Å²) in [6.45, 7) is 9.86. The Morgan fingerprint density at radius 2 is 1.88 bits per heavy atom. The zero-order chi connectivity index (χ0) is 43.7. The molecule has 3 amide bonds. The number of rotatable bonds is 22. The highest BCUT2D eigenvalue weighted by Crippen LogP contribution is 2.35. The number of benzene rings is 1. The molecular formula is C39H58N6O14. The third-order valence-electron chi connectivity index (χ3n) is 10.1. The number of amides is 3. The fraction of sp³-hybridized carbons (Fsp3) is 0.692. The fourth-order valence-corrected chi connectivity index (χ4v) is 6.78. The van der Waals surface area contributed by atoms with Crippen molar-refractivity contribution >= 4 is 29.4 Å². The number of unbranched alkanes of at least 4 members (excludes halogenated alkanes) is 2. The highest BCUT2D eigenvalue weighted by molar-refractivity contribution is 6.03. The molecule has 328 valence electrons. The van der Waals surface area contributed by atoms with E-state index < -0.39 is 65.2 Å². The number of hydrogen-bond acceptors (Lipinski definition) is 16. The summed E-state index contributed by atoms with van der Waals surface area (Å²) >= 11 is 0. The number of nitro groups is 1. The van der Waals surface area contributed by atoms with Crippen molar-refractivity contribution in [1.82, 2.24) is 25.2 Å². The van der Waals surface area contributed by atoms with E-state index in [9.17, 15) is 49.7 Å². The molecule has 59 heavy (non-hydrogen) atoms. The van der Waals surface area contributed by atoms with Gasteiger partial charge in [0.15, 0.2) is 11.5 Å². The number of imide groups is 1. The van der Waals surface area contributed by atoms with Crippen LogP contribution >= 0.6 is 0 Å². The maximum atomic E-state index is 12.7. The van der Waals surface area contributed by atoms with Gasteiger partial charge in [-0.05, 0) is 51.2 Å². The zero-order valence-electron chi connectivity index (χ0n) is 34.4. The van der Waals surface area contributed by atoms with E-state index in [1.807, 2.05) is 13.8 Å². The van der Waals surface area contributed by atoms with Gasteiger partial charge in [0, 0.05) is 56.8 Å². The minimum absolute atomic E-state index is 0.0207. The predicted molar refractivity (Wildman–Crippen MR) is 206 cm³/mol. The van der Waals surface area contributed by atoms with Gasteiger partial charge in [0.1, 0.15) is 18.3 Å². The Kier molecular flexibility index (Phi) is 16.4. The molecule has 7 unspecified atom stereocenters. The molecule has 5 N–H and O–H groups in total. The third-order valence-corrected chi connectivity index (χ3v) is 10.1. The Balaban J connectivity index is 1.29. The third kappa shape index (κ3) is 13.5. The van der Waals surface area contributed by atoms with Crippen LogP contribution in [0.4, 0.5) is 5.69 Å². The molecule has 0 aliphatic carbocycles. The SMILES string of the molecule is CCC(=O)OC(Cc1cn(CC(C)(O)OCC(C)(C)NC(=O)CCCCCN2C(=O)CC(C(C)C)C2=O)nn1)c1ccc(OC2CC(O)C(O)C(CO)O2)c([N+](=O)[O-])c1. The standard InChI is InChI=1S/C39H58N6O14/c1-7-34(50)57-30(24-12-13-29(27(15-24)45(54)55)58-35-18-28(47)36(51)31(20-46)59-35)16-25-19-43(42-41-25)21-39(6,53)56-22-38(4,5)40-32(48)11-9-8-10-14-44-33(49)17-26(23(2)3)37(44)52/h12-13,15,19,23,26,28,30-31,35-36,46-47,51,53H,7-11,14,16-18,20-22H2,1-6H3,(H,40,48). The number of nitrogens with one attached hydrogen (secondary N) is 1. The summed E-state index contributed by atoms with van der Waals surface area (Å²) in [5.74, 6) is -3.20. The van der Waals surface area contributed by atoms with Crippen LogP contribution in [0, 0.1) is 22.0 Å². The van der Waals surface area contributed by atoms with Gasteiger partial charge in [-0.25, -0.2) is 4.68 Å². The monoisotopic (exact) mass is 834 g/mol. The Bertz CT molecular complexity index is 1780. The van der Waals surface area contributed by atoms with Crippen LogP contribution in [0.25, 0.3) is 0 Å². The summed E-state index contributed by atoms with van der Waals surface area (Å²) in [4.78, 5) is 62.6. The van der Waals surface area contributed by atoms with E-state index in [1.165, 1.54) is 40.9 Å². The van der Waals surface area contributed by atoms with Crippen molar-refractivity contribution in [2.24, 2.45) is 11.8 Å². The molecule has 0 saturated carbocycles. The Morgan fingerprint density at radius 3 is 2.53 bits per heavy atom. The number of esters is 1. The van der Waals surface area contributed by atoms with Crippen molar-refractivity contribution in [3.8, 4) is 5.75 Å². The second kappa shape index (κ2) is 20.6. The first-order valence-corrected chi connectivity index (χ1v) is 19.9. The van der Waals surface area contributed by atoms with Crippen molar-refractivity contribution < 1.29 is 63.5 Å². The average Bonchev–Trinajstić information content (AvgIpc) is 3.72. The van der Waals surface area contributed by atoms with E-state index in [1.54, 1.807) is 20.8 Å². The molecular weight excluding hydrogens is 776 g/mol. The first-order chi connectivity index (χ1) is 27.7. The van der Waals surface area contributed by atoms with Gasteiger partial charge in [-0.2, -0.15) is 0 Å². The van der Waals surface area contributed by atoms with Crippen molar-refractivity contribution in [1.29, 1.82) is 0 Å². The molecule has 0 bridgehead atoms. The van der Waals surface area contributed by atoms with E-state index in [2.05, 4.69) is 15.6 Å². The van der Waals surface area contributed by atoms with Gasteiger partial charge in [0.05, 0.1) is 42.0 Å². The first-order valence-electron chi connectivity index (χ1n) is 19.9. The minimum atomic E-state index is -1.76. The van der Waals surface area contributed by atoms with Gasteiger partial charge in [-0.3, -0.25) is 34.2 Å². The lowest BCUT2D eigenvalue weighted by atomic mass is 9.94. The number of hydrogen-bond donors (Lipinski definition) is 5. The lowest BCUT2D eigenvalue weighted by molar-refractivity contribution is -0.386. The number of carbonyl (C=O) groups is 4. The van der Waals surface area contributed by atoms with Gasteiger partial charge in [-0.1, -0.05) is 38.5 Å². The number of aliphatic hydroxyl groups excluding tert-OH is 3. The van der Waals surface area contributed by atoms with E-state index in [0.29, 0.717) is 31.5 Å². The normalized spacial score (nSPS) is 22.6. The summed E-state index contributed by atoms with van der Waals surface area (Å²) in [5, 5.41) is 63.9. The number of aromatic nitrogens is 3. The van der Waals surface area contributed by atoms with Gasteiger partial charge in [-0.15, -0.1) is 5.10 Å². The van der Waals surface area contributed by atoms with Gasteiger partial charge in [0.2, 0.25) is 24.0 Å². The molecule has 2 aromatic rings. The lowest BCUT2D eigenvalue weighted by Gasteiger charge is -2.36. The number of nitrogens with zero attached hydrogens (tertiary/aromatic N) is 5. The van der Waals surface area contributed by atoms with Crippen LogP contribution in [0.5, 0.6) is 5.75 Å². The highest BCUT2D eigenvalue weighted by Gasteiger charge is 2.40. The predicted octanol–water partition coefficient (Wildman–Crippen LogP) is 1.84. The van der Waals surface area contributed by atoms with E-state index in [4.69, 9.17) is 18.9 Å². The molecule has 20 heteroatoms. The van der Waals surface area contributed by atoms with Crippen molar-refractivity contribution in [3.05, 3.63) is 45.8 Å². The minimum Gasteiger partial charge on any atom is -0.458 e. The van der Waals surface area contributed by atoms with Gasteiger partial charge in [0.25, 0.3) is 0 Å². The average molecular weight is 835 g/mol. The molecule has 2 saturated heterocycles. The van der Waals surface area contributed by atoms with E-state index >= 15 is 0 Å². The summed E-state index contributed by atoms with van der Waals surface area (Å²) in [6.07, 6.45) is -2.51. The molecule has 7 atom stereocenters. The second-order valence-corrected chi connectivity index (χ2v) is 16.3. The molecule has 0 radical (unpaired) electrons. The number of likely N-dealkylation sites (tertiary alicyclic amines) is 1. The molecule has 2 aliphatic heterocycles. The first kappa shape index (κ1) is 47.1. The topological polar surface area (TPSA) is 275 Å². The molecule has 20 nitrogen and oxygen atoms in total. The Labute approximate surface area is 342 Å². The van der Waals surface area contributed by atoms with Crippen LogP contribution in [-0.2, 0) is 46.4 Å². The molecule has 4 rings (SSSR count). The van der Waals surface area contributed by atoms with Crippen molar-refractivity contribution in [2.75, 3.05) is 19.8 Å². The van der Waals surface area contributed by atoms with Crippen LogP contribution in [0.3, 0.4) is 0 Å². The van der Waals surface area contributed by atoms with Crippen LogP contribution < -0.4 is 10.1 Å². The number of carbonyl (C=O) groups excluding carboxylic acids is 4. The van der Waals surface area contributed by atoms with Crippen molar-refractivity contribution in [3.63, 3.8) is 0 Å². The van der Waals surface area contributed by atoms with E-state index in [-0.39, 0.29) is 86.1 Å². The molecule has 3 heterocycles. The molecule has 0 spiro atoms. The largest absolute Gasteiger partial charge is 0.458 e. The quantitative estimate of drug-likeness (QED) is 0.0283. The second-order valence-electron chi connectivity index (χ2n) is 16.3. The molecule has 1 aromatic heterocycles. The van der Waals surface area contributed by atoms with Crippen LogP contribution in [0.1, 0.15) is 104 Å². The molecule has 1 aromatic carbocycles. The summed E-state index contributed by atoms with van der Waals surface area (Å²) in [5.41, 5.74) is -0.792. The Hall–Kier alpha value is -4.60. The number of nitro benzene ring substituents is 1.